The lowest BCUT2D eigenvalue weighted by Crippen LogP contribution is -2.50. The predicted molar refractivity (Wildman–Crippen MR) is 111 cm³/mol. The number of morpholine rings is 1. The van der Waals surface area contributed by atoms with Crippen LogP contribution in [0.3, 0.4) is 0 Å². The lowest BCUT2D eigenvalue weighted by molar-refractivity contribution is -0.125. The maximum Gasteiger partial charge on any atom is 0.265 e. The molecule has 7 nitrogen and oxygen atoms in total. The number of nitrogens with two attached hydrogens (primary N) is 1. The van der Waals surface area contributed by atoms with Gasteiger partial charge in [0, 0.05) is 36.6 Å². The Bertz CT molecular complexity index is 758. The van der Waals surface area contributed by atoms with Crippen molar-refractivity contribution in [1.82, 2.24) is 4.90 Å². The van der Waals surface area contributed by atoms with Gasteiger partial charge in [-0.2, -0.15) is 0 Å². The fourth-order valence-electron chi connectivity index (χ4n) is 3.93. The molecule has 1 aliphatic heterocycles. The lowest BCUT2D eigenvalue weighted by Gasteiger charge is -2.35. The van der Waals surface area contributed by atoms with Crippen molar-refractivity contribution in [2.75, 3.05) is 49.6 Å². The van der Waals surface area contributed by atoms with Crippen LogP contribution in [0.15, 0.2) is 18.2 Å². The van der Waals surface area contributed by atoms with E-state index >= 15 is 0 Å². The van der Waals surface area contributed by atoms with E-state index in [1.54, 1.807) is 6.07 Å². The molecule has 2 amide bonds. The van der Waals surface area contributed by atoms with Crippen molar-refractivity contribution in [3.05, 3.63) is 23.8 Å². The molecule has 0 unspecified atom stereocenters. The number of nitrogens with zero attached hydrogens (tertiary/aromatic N) is 2. The summed E-state index contributed by atoms with van der Waals surface area (Å²) in [6, 6.07) is 3.66. The first-order valence-corrected chi connectivity index (χ1v) is 10.5. The minimum atomic E-state index is -2.80. The normalized spacial score (nSPS) is 18.6. The number of benzene rings is 1. The van der Waals surface area contributed by atoms with E-state index in [0.717, 1.165) is 19.4 Å². The molecule has 166 valence electrons. The molecule has 1 saturated carbocycles. The van der Waals surface area contributed by atoms with Crippen LogP contribution in [0.2, 0.25) is 0 Å². The van der Waals surface area contributed by atoms with Crippen LogP contribution < -0.4 is 16.0 Å². The molecule has 30 heavy (non-hydrogen) atoms. The standard InChI is InChI=1S/C21H30F2N4O3/c1-2-26(12-14-4-3-5-14)18(11-24)21(29)25-17-7-6-15(10-16(17)20(22)23)27-8-9-30-13-19(27)28/h6-7,10,14,18,20H,2-5,8-9,11-13,24H2,1H3,(H,25,29)/t18-/m0/s1. The number of hydrogen-bond acceptors (Lipinski definition) is 5. The second kappa shape index (κ2) is 10.3. The van der Waals surface area contributed by atoms with E-state index < -0.39 is 18.4 Å². The third-order valence-electron chi connectivity index (χ3n) is 5.92. The van der Waals surface area contributed by atoms with Gasteiger partial charge in [-0.25, -0.2) is 8.78 Å². The van der Waals surface area contributed by atoms with Gasteiger partial charge in [0.15, 0.2) is 0 Å². The highest BCUT2D eigenvalue weighted by Gasteiger charge is 2.29. The summed E-state index contributed by atoms with van der Waals surface area (Å²) in [5.74, 6) is -0.111. The Kier molecular flexibility index (Phi) is 7.74. The smallest absolute Gasteiger partial charge is 0.265 e. The second-order valence-electron chi connectivity index (χ2n) is 7.80. The van der Waals surface area contributed by atoms with Crippen LogP contribution in [-0.2, 0) is 14.3 Å². The molecule has 1 heterocycles. The van der Waals surface area contributed by atoms with E-state index in [1.807, 2.05) is 11.8 Å². The van der Waals surface area contributed by atoms with E-state index in [-0.39, 0.29) is 30.3 Å². The summed E-state index contributed by atoms with van der Waals surface area (Å²) in [6.45, 7) is 4.09. The monoisotopic (exact) mass is 424 g/mol. The summed E-state index contributed by atoms with van der Waals surface area (Å²) in [6.07, 6.45) is 0.696. The van der Waals surface area contributed by atoms with Gasteiger partial charge in [-0.1, -0.05) is 13.3 Å². The highest BCUT2D eigenvalue weighted by Crippen LogP contribution is 2.32. The van der Waals surface area contributed by atoms with Crippen LogP contribution >= 0.6 is 0 Å². The van der Waals surface area contributed by atoms with E-state index in [0.29, 0.717) is 31.3 Å². The molecule has 0 bridgehead atoms. The maximum atomic E-state index is 13.7. The van der Waals surface area contributed by atoms with Crippen molar-refractivity contribution in [3.63, 3.8) is 0 Å². The Morgan fingerprint density at radius 2 is 2.17 bits per heavy atom. The van der Waals surface area contributed by atoms with Crippen LogP contribution in [-0.4, -0.2) is 62.1 Å². The second-order valence-corrected chi connectivity index (χ2v) is 7.80. The number of alkyl halides is 2. The van der Waals surface area contributed by atoms with Gasteiger partial charge in [-0.05, 0) is 43.5 Å². The molecule has 1 aromatic rings. The van der Waals surface area contributed by atoms with E-state index in [1.165, 1.54) is 23.5 Å². The van der Waals surface area contributed by atoms with Gasteiger partial charge in [0.1, 0.15) is 12.6 Å². The number of hydrogen-bond donors (Lipinski definition) is 2. The highest BCUT2D eigenvalue weighted by atomic mass is 19.3. The van der Waals surface area contributed by atoms with Gasteiger partial charge >= 0.3 is 0 Å². The Balaban J connectivity index is 1.76. The zero-order chi connectivity index (χ0) is 21.7. The van der Waals surface area contributed by atoms with Crippen molar-refractivity contribution >= 4 is 23.2 Å². The first-order chi connectivity index (χ1) is 14.4. The number of halogens is 2. The number of ether oxygens (including phenoxy) is 1. The third kappa shape index (κ3) is 5.14. The largest absolute Gasteiger partial charge is 0.370 e. The van der Waals surface area contributed by atoms with Crippen molar-refractivity contribution in [2.24, 2.45) is 11.7 Å². The molecular formula is C21H30F2N4O3. The summed E-state index contributed by atoms with van der Waals surface area (Å²) >= 11 is 0. The number of anilines is 2. The average Bonchev–Trinajstić information content (AvgIpc) is 2.70. The first-order valence-electron chi connectivity index (χ1n) is 10.5. The van der Waals surface area contributed by atoms with Gasteiger partial charge in [0.05, 0.1) is 6.61 Å². The van der Waals surface area contributed by atoms with E-state index in [2.05, 4.69) is 5.32 Å². The molecule has 2 aliphatic rings. The molecule has 0 radical (unpaired) electrons. The summed E-state index contributed by atoms with van der Waals surface area (Å²) in [4.78, 5) is 28.3. The summed E-state index contributed by atoms with van der Waals surface area (Å²) < 4.78 is 32.6. The zero-order valence-corrected chi connectivity index (χ0v) is 17.3. The van der Waals surface area contributed by atoms with Crippen molar-refractivity contribution in [1.29, 1.82) is 0 Å². The number of carbonyl (C=O) groups excluding carboxylic acids is 2. The molecule has 3 N–H and O–H groups in total. The fourth-order valence-corrected chi connectivity index (χ4v) is 3.93. The predicted octanol–water partition coefficient (Wildman–Crippen LogP) is 2.38. The van der Waals surface area contributed by atoms with Gasteiger partial charge in [-0.3, -0.25) is 14.5 Å². The van der Waals surface area contributed by atoms with Gasteiger partial charge < -0.3 is 20.7 Å². The van der Waals surface area contributed by atoms with Crippen molar-refractivity contribution < 1.29 is 23.1 Å². The van der Waals surface area contributed by atoms with Crippen LogP contribution in [0.1, 0.15) is 38.2 Å². The molecule has 1 aromatic carbocycles. The van der Waals surface area contributed by atoms with Crippen LogP contribution in [0, 0.1) is 5.92 Å². The maximum absolute atomic E-state index is 13.7. The fraction of sp³-hybridized carbons (Fsp3) is 0.619. The van der Waals surface area contributed by atoms with Crippen LogP contribution in [0.4, 0.5) is 20.2 Å². The summed E-state index contributed by atoms with van der Waals surface area (Å²) in [7, 11) is 0. The van der Waals surface area contributed by atoms with Crippen LogP contribution in [0.5, 0.6) is 0 Å². The van der Waals surface area contributed by atoms with Crippen molar-refractivity contribution in [3.8, 4) is 0 Å². The summed E-state index contributed by atoms with van der Waals surface area (Å²) in [5.41, 5.74) is 5.95. The topological polar surface area (TPSA) is 87.9 Å². The Morgan fingerprint density at radius 1 is 1.40 bits per heavy atom. The molecule has 1 atom stereocenters. The molecule has 9 heteroatoms. The molecule has 1 aliphatic carbocycles. The van der Waals surface area contributed by atoms with Gasteiger partial charge in [0.2, 0.25) is 5.91 Å². The zero-order valence-electron chi connectivity index (χ0n) is 17.3. The highest BCUT2D eigenvalue weighted by molar-refractivity contribution is 5.97. The quantitative estimate of drug-likeness (QED) is 0.636. The molecule has 0 spiro atoms. The number of likely N-dealkylation sites (N-methyl/N-ethyl adjacent to an activating group) is 1. The number of nitrogens with one attached hydrogen (secondary N) is 1. The third-order valence-corrected chi connectivity index (χ3v) is 5.92. The SMILES string of the molecule is CCN(CC1CCC1)[C@@H](CN)C(=O)Nc1ccc(N2CCOCC2=O)cc1C(F)F. The van der Waals surface area contributed by atoms with Gasteiger partial charge in [0.25, 0.3) is 12.3 Å². The van der Waals surface area contributed by atoms with Crippen molar-refractivity contribution in [2.45, 2.75) is 38.7 Å². The van der Waals surface area contributed by atoms with E-state index in [4.69, 9.17) is 10.5 Å². The lowest BCUT2D eigenvalue weighted by atomic mass is 9.85. The Morgan fingerprint density at radius 3 is 2.73 bits per heavy atom. The van der Waals surface area contributed by atoms with Gasteiger partial charge in [-0.15, -0.1) is 0 Å². The Labute approximate surface area is 175 Å². The Hall–Kier alpha value is -2.10. The molecule has 1 saturated heterocycles. The van der Waals surface area contributed by atoms with Crippen LogP contribution in [0.25, 0.3) is 0 Å². The number of amides is 2. The molecule has 2 fully saturated rings. The molecule has 0 aromatic heterocycles. The molecule has 3 rings (SSSR count). The minimum absolute atomic E-state index is 0.0394. The molecular weight excluding hydrogens is 394 g/mol. The van der Waals surface area contributed by atoms with E-state index in [9.17, 15) is 18.4 Å². The average molecular weight is 424 g/mol. The summed E-state index contributed by atoms with van der Waals surface area (Å²) in [5, 5.41) is 2.64. The number of carbonyl (C=O) groups is 2. The first kappa shape index (κ1) is 22.6. The minimum Gasteiger partial charge on any atom is -0.370 e. The number of rotatable bonds is 9.